The molecule has 1 N–H and O–H groups in total. The first-order valence-electron chi connectivity index (χ1n) is 7.28. The van der Waals surface area contributed by atoms with Crippen LogP contribution in [0, 0.1) is 5.82 Å². The second kappa shape index (κ2) is 6.62. The number of hydrogen-bond donors (Lipinski definition) is 1. The van der Waals surface area contributed by atoms with E-state index in [0.29, 0.717) is 5.75 Å². The van der Waals surface area contributed by atoms with Crippen LogP contribution in [0.2, 0.25) is 0 Å². The van der Waals surface area contributed by atoms with Crippen LogP contribution in [-0.2, 0) is 9.53 Å². The molecule has 1 heterocycles. The molecule has 0 saturated carbocycles. The van der Waals surface area contributed by atoms with Crippen LogP contribution in [-0.4, -0.2) is 20.2 Å². The molecule has 0 amide bonds. The monoisotopic (exact) mass is 329 g/mol. The Balaban J connectivity index is 1.90. The summed E-state index contributed by atoms with van der Waals surface area (Å²) >= 11 is 0. The van der Waals surface area contributed by atoms with Gasteiger partial charge in [-0.2, -0.15) is 0 Å². The molecule has 1 atom stereocenters. The summed E-state index contributed by atoms with van der Waals surface area (Å²) in [5.41, 5.74) is 1.18. The Kier molecular flexibility index (Phi) is 4.37. The van der Waals surface area contributed by atoms with Crippen molar-refractivity contribution in [1.29, 1.82) is 0 Å². The summed E-state index contributed by atoms with van der Waals surface area (Å²) in [6.45, 7) is 0. The van der Waals surface area contributed by atoms with E-state index in [1.807, 2.05) is 30.3 Å². The fourth-order valence-electron chi connectivity index (χ4n) is 2.42. The maximum Gasteiger partial charge on any atom is 0.356 e. The number of cyclic esters (lactones) is 1. The molecule has 24 heavy (non-hydrogen) atoms. The summed E-state index contributed by atoms with van der Waals surface area (Å²) in [6, 6.07) is 11.9. The minimum atomic E-state index is -0.590. The molecule has 2 aromatic rings. The lowest BCUT2D eigenvalue weighted by molar-refractivity contribution is -0.139. The second-order valence-corrected chi connectivity index (χ2v) is 5.13. The van der Waals surface area contributed by atoms with Crippen molar-refractivity contribution in [2.75, 3.05) is 14.2 Å². The van der Waals surface area contributed by atoms with E-state index in [0.717, 1.165) is 5.56 Å². The Bertz CT molecular complexity index is 789. The third-order valence-corrected chi connectivity index (χ3v) is 3.64. The van der Waals surface area contributed by atoms with Crippen molar-refractivity contribution >= 4 is 12.0 Å². The highest BCUT2D eigenvalue weighted by Crippen LogP contribution is 2.32. The lowest BCUT2D eigenvalue weighted by Gasteiger charge is -2.10. The summed E-state index contributed by atoms with van der Waals surface area (Å²) in [6.07, 6.45) is 0.802. The smallest absolute Gasteiger partial charge is 0.356 e. The van der Waals surface area contributed by atoms with E-state index >= 15 is 0 Å². The number of carbonyl (C=O) groups is 1. The van der Waals surface area contributed by atoms with Crippen LogP contribution in [0.1, 0.15) is 17.4 Å². The quantitative estimate of drug-likeness (QED) is 0.690. The number of hydrogen-bond acceptors (Lipinski definition) is 5. The summed E-state index contributed by atoms with van der Waals surface area (Å²) in [5.74, 6) is -0.422. The molecular weight excluding hydrogens is 313 g/mol. The lowest BCUT2D eigenvalue weighted by Crippen LogP contribution is -2.12. The molecule has 0 aliphatic carbocycles. The first kappa shape index (κ1) is 15.9. The molecular formula is C18H16FNO4. The number of methoxy groups -OCH3 is 2. The van der Waals surface area contributed by atoms with Gasteiger partial charge in [-0.3, -0.25) is 0 Å². The Morgan fingerprint density at radius 2 is 1.79 bits per heavy atom. The minimum Gasteiger partial charge on any atom is -0.493 e. The van der Waals surface area contributed by atoms with Gasteiger partial charge < -0.3 is 19.5 Å². The molecule has 1 saturated heterocycles. The zero-order valence-electron chi connectivity index (χ0n) is 13.2. The van der Waals surface area contributed by atoms with E-state index in [-0.39, 0.29) is 17.0 Å². The zero-order valence-corrected chi connectivity index (χ0v) is 13.2. The van der Waals surface area contributed by atoms with Gasteiger partial charge >= 0.3 is 5.97 Å². The predicted octanol–water partition coefficient (Wildman–Crippen LogP) is 3.03. The van der Waals surface area contributed by atoms with Gasteiger partial charge in [0.15, 0.2) is 17.7 Å². The van der Waals surface area contributed by atoms with Gasteiger partial charge in [0.1, 0.15) is 11.5 Å². The van der Waals surface area contributed by atoms with Crippen LogP contribution in [0.25, 0.3) is 6.08 Å². The normalized spacial score (nSPS) is 18.2. The van der Waals surface area contributed by atoms with Crippen LogP contribution < -0.4 is 14.8 Å². The minimum absolute atomic E-state index is 0.176. The SMILES string of the molecule is COc1cc(F)c(/C=C2/NC(c3ccccc3)OC2=O)cc1OC. The van der Waals surface area contributed by atoms with Crippen molar-refractivity contribution in [3.8, 4) is 11.5 Å². The molecule has 1 aliphatic heterocycles. The number of halogens is 1. The second-order valence-electron chi connectivity index (χ2n) is 5.13. The van der Waals surface area contributed by atoms with Gasteiger partial charge in [-0.25, -0.2) is 9.18 Å². The van der Waals surface area contributed by atoms with Crippen LogP contribution in [0.15, 0.2) is 48.2 Å². The molecule has 6 heteroatoms. The molecule has 0 aromatic heterocycles. The van der Waals surface area contributed by atoms with E-state index < -0.39 is 18.0 Å². The van der Waals surface area contributed by atoms with Gasteiger partial charge in [0.05, 0.1) is 14.2 Å². The van der Waals surface area contributed by atoms with Crippen LogP contribution in [0.5, 0.6) is 11.5 Å². The number of ether oxygens (including phenoxy) is 3. The Hall–Kier alpha value is -3.02. The van der Waals surface area contributed by atoms with Gasteiger partial charge in [-0.1, -0.05) is 30.3 Å². The average Bonchev–Trinajstić information content (AvgIpc) is 2.97. The number of benzene rings is 2. The van der Waals surface area contributed by atoms with Gasteiger partial charge in [-0.15, -0.1) is 0 Å². The molecule has 0 radical (unpaired) electrons. The standard InChI is InChI=1S/C18H16FNO4/c1-22-15-9-12(13(19)10-16(15)23-2)8-14-18(21)24-17(20-14)11-6-4-3-5-7-11/h3-10,17,20H,1-2H3/b14-8+. The Labute approximate surface area is 138 Å². The lowest BCUT2D eigenvalue weighted by atomic mass is 10.1. The van der Waals surface area contributed by atoms with E-state index in [1.165, 1.54) is 32.4 Å². The van der Waals surface area contributed by atoms with Crippen molar-refractivity contribution in [1.82, 2.24) is 5.32 Å². The predicted molar refractivity (Wildman–Crippen MR) is 85.9 cm³/mol. The highest BCUT2D eigenvalue weighted by Gasteiger charge is 2.29. The molecule has 0 bridgehead atoms. The van der Waals surface area contributed by atoms with Crippen molar-refractivity contribution in [3.63, 3.8) is 0 Å². The largest absolute Gasteiger partial charge is 0.493 e. The number of esters is 1. The average molecular weight is 329 g/mol. The van der Waals surface area contributed by atoms with Crippen LogP contribution in [0.3, 0.4) is 0 Å². The molecule has 124 valence electrons. The molecule has 1 unspecified atom stereocenters. The maximum atomic E-state index is 14.2. The fourth-order valence-corrected chi connectivity index (χ4v) is 2.42. The Morgan fingerprint density at radius 1 is 1.12 bits per heavy atom. The fraction of sp³-hybridized carbons (Fsp3) is 0.167. The highest BCUT2D eigenvalue weighted by molar-refractivity contribution is 5.95. The van der Waals surface area contributed by atoms with Gasteiger partial charge in [0.2, 0.25) is 0 Å². The van der Waals surface area contributed by atoms with Gasteiger partial charge in [0, 0.05) is 17.2 Å². The number of nitrogens with one attached hydrogen (secondary N) is 1. The van der Waals surface area contributed by atoms with Crippen molar-refractivity contribution in [2.45, 2.75) is 6.23 Å². The van der Waals surface area contributed by atoms with E-state index in [1.54, 1.807) is 0 Å². The van der Waals surface area contributed by atoms with E-state index in [2.05, 4.69) is 5.32 Å². The van der Waals surface area contributed by atoms with Gasteiger partial charge in [0.25, 0.3) is 0 Å². The van der Waals surface area contributed by atoms with Crippen LogP contribution >= 0.6 is 0 Å². The molecule has 1 fully saturated rings. The molecule has 0 spiro atoms. The summed E-state index contributed by atoms with van der Waals surface area (Å²) in [4.78, 5) is 12.0. The summed E-state index contributed by atoms with van der Waals surface area (Å²) in [5, 5.41) is 2.95. The highest BCUT2D eigenvalue weighted by atomic mass is 19.1. The first-order chi connectivity index (χ1) is 11.6. The van der Waals surface area contributed by atoms with E-state index in [9.17, 15) is 9.18 Å². The maximum absolute atomic E-state index is 14.2. The molecule has 2 aromatic carbocycles. The van der Waals surface area contributed by atoms with Crippen molar-refractivity contribution in [2.24, 2.45) is 0 Å². The number of rotatable bonds is 4. The first-order valence-corrected chi connectivity index (χ1v) is 7.28. The zero-order chi connectivity index (χ0) is 17.1. The van der Waals surface area contributed by atoms with Crippen molar-refractivity contribution < 1.29 is 23.4 Å². The van der Waals surface area contributed by atoms with E-state index in [4.69, 9.17) is 14.2 Å². The van der Waals surface area contributed by atoms with Gasteiger partial charge in [-0.05, 0) is 12.1 Å². The molecule has 1 aliphatic rings. The molecule has 5 nitrogen and oxygen atoms in total. The van der Waals surface area contributed by atoms with Crippen molar-refractivity contribution in [3.05, 3.63) is 65.1 Å². The molecule has 3 rings (SSSR count). The third kappa shape index (κ3) is 3.03. The number of carbonyl (C=O) groups excluding carboxylic acids is 1. The summed E-state index contributed by atoms with van der Waals surface area (Å²) < 4.78 is 29.7. The van der Waals surface area contributed by atoms with Crippen LogP contribution in [0.4, 0.5) is 4.39 Å². The topological polar surface area (TPSA) is 56.8 Å². The Morgan fingerprint density at radius 3 is 2.46 bits per heavy atom. The summed E-state index contributed by atoms with van der Waals surface area (Å²) in [7, 11) is 2.88. The third-order valence-electron chi connectivity index (χ3n) is 3.64.